The summed E-state index contributed by atoms with van der Waals surface area (Å²) in [5.74, 6) is 1.41. The predicted octanol–water partition coefficient (Wildman–Crippen LogP) is 5.31. The van der Waals surface area contributed by atoms with Gasteiger partial charge < -0.3 is 19.9 Å². The molecule has 1 heterocycles. The number of halogens is 2. The number of nitrogens with two attached hydrogens (primary N) is 1. The van der Waals surface area contributed by atoms with Gasteiger partial charge in [-0.15, -0.1) is 0 Å². The number of primary amides is 1. The molecule has 0 atom stereocenters. The maximum atomic E-state index is 11.4. The van der Waals surface area contributed by atoms with Gasteiger partial charge in [-0.3, -0.25) is 0 Å². The normalized spacial score (nSPS) is 14.8. The highest BCUT2D eigenvalue weighted by atomic mass is 35.5. The Morgan fingerprint density at radius 2 is 1.82 bits per heavy atom. The second kappa shape index (κ2) is 9.17. The van der Waals surface area contributed by atoms with Crippen molar-refractivity contribution in [2.24, 2.45) is 5.73 Å². The van der Waals surface area contributed by atoms with Gasteiger partial charge in [0.25, 0.3) is 0 Å². The van der Waals surface area contributed by atoms with E-state index in [1.807, 2.05) is 0 Å². The lowest BCUT2D eigenvalue weighted by molar-refractivity contribution is 0.199. The molecule has 2 aromatic rings. The number of aromatic nitrogens is 1. The first-order chi connectivity index (χ1) is 13.4. The van der Waals surface area contributed by atoms with Crippen molar-refractivity contribution >= 4 is 41.1 Å². The van der Waals surface area contributed by atoms with E-state index in [0.29, 0.717) is 22.6 Å². The fourth-order valence-electron chi connectivity index (χ4n) is 3.11. The summed E-state index contributed by atoms with van der Waals surface area (Å²) in [5, 5.41) is 0.439. The monoisotopic (exact) mass is 422 g/mol. The average Bonchev–Trinajstić information content (AvgIpc) is 3.13. The SMILES string of the molecule is COc1ccc(C(=Cc2cc(Cl)nc(Cl)c2)OC(N)=O)cc1OC1CCCC1. The standard InChI is InChI=1S/C20H20Cl2N2O4/c1-26-15-7-6-13(11-17(15)27-14-4-2-3-5-14)16(28-20(23)25)8-12-9-18(21)24-19(22)10-12/h6-11,14H,2-5H2,1H3,(H2,23,25). The molecule has 1 amide bonds. The molecule has 0 bridgehead atoms. The fraction of sp³-hybridized carbons (Fsp3) is 0.300. The Bertz CT molecular complexity index is 876. The highest BCUT2D eigenvalue weighted by Gasteiger charge is 2.20. The number of nitrogens with zero attached hydrogens (tertiary/aromatic N) is 1. The summed E-state index contributed by atoms with van der Waals surface area (Å²) in [6, 6.07) is 8.45. The Balaban J connectivity index is 1.99. The van der Waals surface area contributed by atoms with Crippen LogP contribution < -0.4 is 15.2 Å². The molecule has 148 valence electrons. The first kappa shape index (κ1) is 20.3. The topological polar surface area (TPSA) is 83.7 Å². The Morgan fingerprint density at radius 1 is 1.14 bits per heavy atom. The molecule has 0 unspecified atom stereocenters. The average molecular weight is 423 g/mol. The number of hydrogen-bond donors (Lipinski definition) is 1. The van der Waals surface area contributed by atoms with E-state index in [4.69, 9.17) is 43.1 Å². The van der Waals surface area contributed by atoms with Crippen LogP contribution in [0.5, 0.6) is 11.5 Å². The van der Waals surface area contributed by atoms with Crippen molar-refractivity contribution in [1.82, 2.24) is 4.98 Å². The number of benzene rings is 1. The summed E-state index contributed by atoms with van der Waals surface area (Å²) in [6.45, 7) is 0. The molecule has 1 fully saturated rings. The molecule has 0 saturated heterocycles. The van der Waals surface area contributed by atoms with E-state index in [0.717, 1.165) is 25.7 Å². The van der Waals surface area contributed by atoms with Crippen LogP contribution in [0.1, 0.15) is 36.8 Å². The van der Waals surface area contributed by atoms with E-state index < -0.39 is 6.09 Å². The van der Waals surface area contributed by atoms with Gasteiger partial charge in [-0.25, -0.2) is 9.78 Å². The smallest absolute Gasteiger partial charge is 0.409 e. The van der Waals surface area contributed by atoms with E-state index in [2.05, 4.69) is 4.98 Å². The molecule has 0 radical (unpaired) electrons. The van der Waals surface area contributed by atoms with Gasteiger partial charge in [0, 0.05) is 5.56 Å². The number of ether oxygens (including phenoxy) is 3. The third-order valence-electron chi connectivity index (χ3n) is 4.34. The maximum Gasteiger partial charge on any atom is 0.409 e. The quantitative estimate of drug-likeness (QED) is 0.503. The van der Waals surface area contributed by atoms with Crippen LogP contribution in [0.15, 0.2) is 30.3 Å². The third kappa shape index (κ3) is 5.30. The largest absolute Gasteiger partial charge is 0.493 e. The Hall–Kier alpha value is -2.44. The summed E-state index contributed by atoms with van der Waals surface area (Å²) in [7, 11) is 1.58. The van der Waals surface area contributed by atoms with Gasteiger partial charge in [0.2, 0.25) is 0 Å². The minimum Gasteiger partial charge on any atom is -0.493 e. The molecule has 1 aromatic heterocycles. The number of amides is 1. The molecule has 28 heavy (non-hydrogen) atoms. The van der Waals surface area contributed by atoms with Gasteiger partial charge in [-0.1, -0.05) is 23.2 Å². The van der Waals surface area contributed by atoms with Gasteiger partial charge in [0.15, 0.2) is 11.5 Å². The Morgan fingerprint density at radius 3 is 2.43 bits per heavy atom. The Kier molecular flexibility index (Phi) is 6.65. The second-order valence-electron chi connectivity index (χ2n) is 6.37. The highest BCUT2D eigenvalue weighted by Crippen LogP contribution is 2.35. The van der Waals surface area contributed by atoms with Crippen LogP contribution >= 0.6 is 23.2 Å². The van der Waals surface area contributed by atoms with Gasteiger partial charge in [-0.2, -0.15) is 0 Å². The zero-order valence-electron chi connectivity index (χ0n) is 15.3. The summed E-state index contributed by atoms with van der Waals surface area (Å²) in [5.41, 5.74) is 6.45. The number of carbonyl (C=O) groups is 1. The van der Waals surface area contributed by atoms with Crippen LogP contribution in [0.25, 0.3) is 11.8 Å². The molecule has 3 rings (SSSR count). The second-order valence-corrected chi connectivity index (χ2v) is 7.14. The van der Waals surface area contributed by atoms with E-state index in [1.54, 1.807) is 43.5 Å². The van der Waals surface area contributed by atoms with E-state index >= 15 is 0 Å². The summed E-state index contributed by atoms with van der Waals surface area (Å²) < 4.78 is 16.7. The molecule has 2 N–H and O–H groups in total. The van der Waals surface area contributed by atoms with E-state index in [9.17, 15) is 4.79 Å². The summed E-state index contributed by atoms with van der Waals surface area (Å²) >= 11 is 11.9. The van der Waals surface area contributed by atoms with Crippen molar-refractivity contribution in [2.75, 3.05) is 7.11 Å². The molecule has 0 spiro atoms. The summed E-state index contributed by atoms with van der Waals surface area (Å²) in [6.07, 6.45) is 5.10. The minimum atomic E-state index is -0.938. The van der Waals surface area contributed by atoms with Crippen molar-refractivity contribution in [3.8, 4) is 11.5 Å². The minimum absolute atomic E-state index is 0.145. The van der Waals surface area contributed by atoms with Gasteiger partial charge in [0.05, 0.1) is 13.2 Å². The van der Waals surface area contributed by atoms with Crippen LogP contribution in [0, 0.1) is 0 Å². The number of hydrogen-bond acceptors (Lipinski definition) is 5. The highest BCUT2D eigenvalue weighted by molar-refractivity contribution is 6.32. The van der Waals surface area contributed by atoms with Gasteiger partial charge in [0.1, 0.15) is 16.1 Å². The molecule has 6 nitrogen and oxygen atoms in total. The van der Waals surface area contributed by atoms with Gasteiger partial charge in [-0.05, 0) is 67.7 Å². The van der Waals surface area contributed by atoms with E-state index in [1.165, 1.54) is 0 Å². The van der Waals surface area contributed by atoms with Crippen molar-refractivity contribution < 1.29 is 19.0 Å². The molecule has 1 aromatic carbocycles. The summed E-state index contributed by atoms with van der Waals surface area (Å²) in [4.78, 5) is 15.3. The molecule has 0 aliphatic heterocycles. The third-order valence-corrected chi connectivity index (χ3v) is 4.72. The van der Waals surface area contributed by atoms with Crippen molar-refractivity contribution in [3.63, 3.8) is 0 Å². The maximum absolute atomic E-state index is 11.4. The van der Waals surface area contributed by atoms with Crippen LogP contribution in [0.3, 0.4) is 0 Å². The Labute approximate surface area is 173 Å². The van der Waals surface area contributed by atoms with Crippen molar-refractivity contribution in [1.29, 1.82) is 0 Å². The molecule has 8 heteroatoms. The molecular weight excluding hydrogens is 403 g/mol. The first-order valence-corrected chi connectivity index (χ1v) is 9.57. The first-order valence-electron chi connectivity index (χ1n) is 8.82. The molecule has 1 saturated carbocycles. The fourth-order valence-corrected chi connectivity index (χ4v) is 3.58. The van der Waals surface area contributed by atoms with Crippen LogP contribution in [-0.2, 0) is 4.74 Å². The van der Waals surface area contributed by atoms with Crippen molar-refractivity contribution in [2.45, 2.75) is 31.8 Å². The molecule has 1 aliphatic rings. The lowest BCUT2D eigenvalue weighted by atomic mass is 10.1. The van der Waals surface area contributed by atoms with Crippen LogP contribution in [0.2, 0.25) is 10.3 Å². The van der Waals surface area contributed by atoms with E-state index in [-0.39, 0.29) is 22.2 Å². The van der Waals surface area contributed by atoms with Gasteiger partial charge >= 0.3 is 6.09 Å². The lowest BCUT2D eigenvalue weighted by Crippen LogP contribution is -2.13. The number of rotatable bonds is 6. The van der Waals surface area contributed by atoms with Crippen LogP contribution in [-0.4, -0.2) is 24.3 Å². The predicted molar refractivity (Wildman–Crippen MR) is 109 cm³/mol. The lowest BCUT2D eigenvalue weighted by Gasteiger charge is -2.17. The van der Waals surface area contributed by atoms with Crippen molar-refractivity contribution in [3.05, 3.63) is 51.8 Å². The zero-order chi connectivity index (χ0) is 20.1. The molecule has 1 aliphatic carbocycles. The number of carbonyl (C=O) groups excluding carboxylic acids is 1. The zero-order valence-corrected chi connectivity index (χ0v) is 16.8. The van der Waals surface area contributed by atoms with Crippen LogP contribution in [0.4, 0.5) is 4.79 Å². The number of methoxy groups -OCH3 is 1. The molecular formula is C20H20Cl2N2O4. The number of pyridine rings is 1.